The highest BCUT2D eigenvalue weighted by atomic mass is 19.1. The number of halogens is 1. The second-order valence-corrected chi connectivity index (χ2v) is 4.32. The van der Waals surface area contributed by atoms with Gasteiger partial charge in [-0.3, -0.25) is 9.69 Å². The third kappa shape index (κ3) is 2.33. The number of nitrogens with zero attached hydrogens (tertiary/aromatic N) is 3. The quantitative estimate of drug-likeness (QED) is 0.791. The van der Waals surface area contributed by atoms with Gasteiger partial charge in [-0.2, -0.15) is 0 Å². The standard InChI is InChI=1S/C10H13FN4O/c1-10(11)4-15(5-10)3-7-2-8(9(12)16)14-6-13-7/h2,6H,3-5H2,1H3,(H2,12,16). The average Bonchev–Trinajstić information content (AvgIpc) is 2.15. The summed E-state index contributed by atoms with van der Waals surface area (Å²) in [6.45, 7) is 2.87. The van der Waals surface area contributed by atoms with Crippen LogP contribution in [0, 0.1) is 0 Å². The van der Waals surface area contributed by atoms with Gasteiger partial charge in [0.05, 0.1) is 5.69 Å². The van der Waals surface area contributed by atoms with Gasteiger partial charge in [-0.15, -0.1) is 0 Å². The number of alkyl halides is 1. The van der Waals surface area contributed by atoms with E-state index in [-0.39, 0.29) is 5.69 Å². The predicted octanol–water partition coefficient (Wildman–Crippen LogP) is 0.119. The Bertz CT molecular complexity index is 413. The van der Waals surface area contributed by atoms with E-state index in [1.54, 1.807) is 6.92 Å². The molecule has 1 aliphatic heterocycles. The van der Waals surface area contributed by atoms with E-state index >= 15 is 0 Å². The number of carbonyl (C=O) groups is 1. The first-order valence-corrected chi connectivity index (χ1v) is 4.98. The zero-order valence-electron chi connectivity index (χ0n) is 8.98. The van der Waals surface area contributed by atoms with Crippen LogP contribution in [0.25, 0.3) is 0 Å². The molecule has 0 atom stereocenters. The molecule has 0 aliphatic carbocycles. The highest BCUT2D eigenvalue weighted by molar-refractivity contribution is 5.90. The van der Waals surface area contributed by atoms with E-state index in [0.717, 1.165) is 0 Å². The first kappa shape index (κ1) is 10.9. The van der Waals surface area contributed by atoms with Crippen molar-refractivity contribution >= 4 is 5.91 Å². The third-order valence-corrected chi connectivity index (χ3v) is 2.47. The van der Waals surface area contributed by atoms with Crippen molar-refractivity contribution in [2.45, 2.75) is 19.1 Å². The SMILES string of the molecule is CC1(F)CN(Cc2cc(C(N)=O)ncn2)C1. The van der Waals surface area contributed by atoms with Crippen molar-refractivity contribution in [1.82, 2.24) is 14.9 Å². The number of hydrogen-bond acceptors (Lipinski definition) is 4. The molecule has 1 aromatic heterocycles. The van der Waals surface area contributed by atoms with E-state index < -0.39 is 11.6 Å². The van der Waals surface area contributed by atoms with Crippen LogP contribution in [-0.2, 0) is 6.54 Å². The van der Waals surface area contributed by atoms with E-state index in [0.29, 0.717) is 25.3 Å². The Morgan fingerprint density at radius 3 is 2.88 bits per heavy atom. The monoisotopic (exact) mass is 224 g/mol. The summed E-state index contributed by atoms with van der Waals surface area (Å²) in [6.07, 6.45) is 1.30. The molecule has 0 spiro atoms. The Labute approximate surface area is 92.5 Å². The summed E-state index contributed by atoms with van der Waals surface area (Å²) in [5, 5.41) is 0. The molecule has 1 aliphatic rings. The Balaban J connectivity index is 2.00. The van der Waals surface area contributed by atoms with Crippen molar-refractivity contribution in [3.8, 4) is 0 Å². The van der Waals surface area contributed by atoms with Gasteiger partial charge in [0, 0.05) is 19.6 Å². The maximum atomic E-state index is 13.2. The zero-order chi connectivity index (χ0) is 11.8. The largest absolute Gasteiger partial charge is 0.364 e. The summed E-state index contributed by atoms with van der Waals surface area (Å²) in [6, 6.07) is 1.54. The molecule has 2 N–H and O–H groups in total. The summed E-state index contributed by atoms with van der Waals surface area (Å²) in [7, 11) is 0. The molecule has 1 fully saturated rings. The van der Waals surface area contributed by atoms with Crippen LogP contribution in [0.2, 0.25) is 0 Å². The van der Waals surface area contributed by atoms with E-state index in [9.17, 15) is 9.18 Å². The Morgan fingerprint density at radius 2 is 2.31 bits per heavy atom. The van der Waals surface area contributed by atoms with Crippen molar-refractivity contribution in [2.75, 3.05) is 13.1 Å². The Kier molecular flexibility index (Phi) is 2.59. The van der Waals surface area contributed by atoms with Gasteiger partial charge < -0.3 is 5.73 Å². The second kappa shape index (κ2) is 3.79. The fourth-order valence-corrected chi connectivity index (χ4v) is 1.85. The average molecular weight is 224 g/mol. The summed E-state index contributed by atoms with van der Waals surface area (Å²) in [5.74, 6) is -0.581. The summed E-state index contributed by atoms with van der Waals surface area (Å²) in [5.41, 5.74) is 4.87. The van der Waals surface area contributed by atoms with Crippen LogP contribution in [0.4, 0.5) is 4.39 Å². The molecule has 5 nitrogen and oxygen atoms in total. The van der Waals surface area contributed by atoms with Gasteiger partial charge in [0.2, 0.25) is 0 Å². The van der Waals surface area contributed by atoms with Crippen molar-refractivity contribution < 1.29 is 9.18 Å². The lowest BCUT2D eigenvalue weighted by atomic mass is 9.99. The summed E-state index contributed by atoms with van der Waals surface area (Å²) < 4.78 is 13.2. The van der Waals surface area contributed by atoms with Gasteiger partial charge in [0.25, 0.3) is 5.91 Å². The molecule has 1 aromatic rings. The number of nitrogens with two attached hydrogens (primary N) is 1. The number of likely N-dealkylation sites (tertiary alicyclic amines) is 1. The first-order chi connectivity index (χ1) is 7.46. The third-order valence-electron chi connectivity index (χ3n) is 2.47. The second-order valence-electron chi connectivity index (χ2n) is 4.32. The normalized spacial score (nSPS) is 19.1. The fourth-order valence-electron chi connectivity index (χ4n) is 1.85. The highest BCUT2D eigenvalue weighted by Gasteiger charge is 2.38. The van der Waals surface area contributed by atoms with Crippen molar-refractivity contribution in [3.63, 3.8) is 0 Å². The molecule has 86 valence electrons. The van der Waals surface area contributed by atoms with Gasteiger partial charge >= 0.3 is 0 Å². The van der Waals surface area contributed by atoms with Crippen LogP contribution in [0.5, 0.6) is 0 Å². The van der Waals surface area contributed by atoms with Crippen LogP contribution in [0.1, 0.15) is 23.1 Å². The molecule has 2 rings (SSSR count). The molecule has 0 aromatic carbocycles. The summed E-state index contributed by atoms with van der Waals surface area (Å²) in [4.78, 5) is 20.5. The smallest absolute Gasteiger partial charge is 0.267 e. The van der Waals surface area contributed by atoms with E-state index in [2.05, 4.69) is 9.97 Å². The number of primary amides is 1. The molecule has 2 heterocycles. The van der Waals surface area contributed by atoms with Crippen LogP contribution in [0.15, 0.2) is 12.4 Å². The Morgan fingerprint density at radius 1 is 1.62 bits per heavy atom. The molecule has 6 heteroatoms. The van der Waals surface area contributed by atoms with Crippen LogP contribution in [0.3, 0.4) is 0 Å². The summed E-state index contributed by atoms with van der Waals surface area (Å²) >= 11 is 0. The number of rotatable bonds is 3. The minimum absolute atomic E-state index is 0.188. The molecule has 1 saturated heterocycles. The lowest BCUT2D eigenvalue weighted by molar-refractivity contribution is -0.0232. The Hall–Kier alpha value is -1.56. The lowest BCUT2D eigenvalue weighted by Crippen LogP contribution is -2.56. The van der Waals surface area contributed by atoms with E-state index in [1.807, 2.05) is 4.90 Å². The minimum atomic E-state index is -1.10. The van der Waals surface area contributed by atoms with Crippen molar-refractivity contribution in [1.29, 1.82) is 0 Å². The highest BCUT2D eigenvalue weighted by Crippen LogP contribution is 2.25. The molecular weight excluding hydrogens is 211 g/mol. The maximum absolute atomic E-state index is 13.2. The number of carbonyl (C=O) groups excluding carboxylic acids is 1. The molecular formula is C10H13FN4O. The molecule has 0 radical (unpaired) electrons. The van der Waals surface area contributed by atoms with Gasteiger partial charge in [-0.05, 0) is 13.0 Å². The van der Waals surface area contributed by atoms with Crippen molar-refractivity contribution in [3.05, 3.63) is 23.8 Å². The van der Waals surface area contributed by atoms with Crippen molar-refractivity contribution in [2.24, 2.45) is 5.73 Å². The molecule has 0 saturated carbocycles. The van der Waals surface area contributed by atoms with Gasteiger partial charge in [-0.1, -0.05) is 0 Å². The fraction of sp³-hybridized carbons (Fsp3) is 0.500. The van der Waals surface area contributed by atoms with Gasteiger partial charge in [0.1, 0.15) is 17.7 Å². The number of amides is 1. The maximum Gasteiger partial charge on any atom is 0.267 e. The zero-order valence-corrected chi connectivity index (χ0v) is 8.98. The molecule has 16 heavy (non-hydrogen) atoms. The van der Waals surface area contributed by atoms with Gasteiger partial charge in [-0.25, -0.2) is 14.4 Å². The van der Waals surface area contributed by atoms with Crippen LogP contribution in [-0.4, -0.2) is 39.5 Å². The topological polar surface area (TPSA) is 72.1 Å². The van der Waals surface area contributed by atoms with Gasteiger partial charge in [0.15, 0.2) is 0 Å². The number of aromatic nitrogens is 2. The van der Waals surface area contributed by atoms with E-state index in [4.69, 9.17) is 5.73 Å². The number of hydrogen-bond donors (Lipinski definition) is 1. The molecule has 0 bridgehead atoms. The molecule has 1 amide bonds. The molecule has 0 unspecified atom stereocenters. The van der Waals surface area contributed by atoms with Crippen LogP contribution < -0.4 is 5.73 Å². The first-order valence-electron chi connectivity index (χ1n) is 4.98. The van der Waals surface area contributed by atoms with Crippen LogP contribution >= 0.6 is 0 Å². The minimum Gasteiger partial charge on any atom is -0.364 e. The predicted molar refractivity (Wildman–Crippen MR) is 55.3 cm³/mol. The van der Waals surface area contributed by atoms with E-state index in [1.165, 1.54) is 12.4 Å². The lowest BCUT2D eigenvalue weighted by Gasteiger charge is -2.41.